The molecule has 0 heterocycles. The van der Waals surface area contributed by atoms with Crippen molar-refractivity contribution in [2.24, 2.45) is 0 Å². The Bertz CT molecular complexity index is 699. The number of esters is 1. The zero-order valence-corrected chi connectivity index (χ0v) is 30.1. The smallest absolute Gasteiger partial charge is 0.302 e. The van der Waals surface area contributed by atoms with Gasteiger partial charge in [-0.2, -0.15) is 0 Å². The van der Waals surface area contributed by atoms with Crippen molar-refractivity contribution >= 4 is 56.2 Å². The van der Waals surface area contributed by atoms with E-state index in [1.165, 1.54) is 69.7 Å². The molecule has 4 N–H and O–H groups in total. The van der Waals surface area contributed by atoms with Crippen molar-refractivity contribution in [3.8, 4) is 0 Å². The van der Waals surface area contributed by atoms with Crippen molar-refractivity contribution in [1.82, 2.24) is 20.1 Å². The highest BCUT2D eigenvalue weighted by molar-refractivity contribution is 7.88. The molecular formula is C27H72N4O11S2. The molecular weight excluding hydrogens is 620 g/mol. The molecule has 0 bridgehead atoms. The molecule has 0 aliphatic carbocycles. The van der Waals surface area contributed by atoms with Crippen LogP contribution in [0.4, 0.5) is 0 Å². The predicted molar refractivity (Wildman–Crippen MR) is 188 cm³/mol. The number of carbonyl (C=O) groups excluding carboxylic acids is 6. The minimum Gasteiger partial charge on any atom is -0.469 e. The lowest BCUT2D eigenvalue weighted by Crippen LogP contribution is -2.15. The molecule has 0 saturated carbocycles. The summed E-state index contributed by atoms with van der Waals surface area (Å²) in [7, 11) is 1.47. The molecule has 17 heteroatoms. The van der Waals surface area contributed by atoms with Gasteiger partial charge in [-0.05, 0) is 41.8 Å². The highest BCUT2D eigenvalue weighted by atomic mass is 32.2. The maximum absolute atomic E-state index is 9.89. The fourth-order valence-electron chi connectivity index (χ4n) is 0. The molecule has 0 spiro atoms. The van der Waals surface area contributed by atoms with Gasteiger partial charge in [-0.1, -0.05) is 50.0 Å². The second-order valence-corrected chi connectivity index (χ2v) is 9.55. The molecule has 0 unspecified atom stereocenters. The summed E-state index contributed by atoms with van der Waals surface area (Å²) in [6.45, 7) is 18.2. The number of carbonyl (C=O) groups is 6. The van der Waals surface area contributed by atoms with Gasteiger partial charge in [0.1, 0.15) is 18.4 Å². The number of aldehydes is 2. The van der Waals surface area contributed by atoms with Crippen LogP contribution in [0.3, 0.4) is 0 Å². The summed E-state index contributed by atoms with van der Waals surface area (Å²) in [5.74, 6) is -0.0694. The second-order valence-electron chi connectivity index (χ2n) is 5.64. The van der Waals surface area contributed by atoms with Gasteiger partial charge in [0.25, 0.3) is 0 Å². The third kappa shape index (κ3) is 672. The minimum absolute atomic E-state index is 0. The summed E-state index contributed by atoms with van der Waals surface area (Å²) in [5, 5.41) is 4.78. The maximum atomic E-state index is 9.89. The number of amides is 2. The van der Waals surface area contributed by atoms with Crippen LogP contribution in [0.5, 0.6) is 0 Å². The Morgan fingerprint density at radius 1 is 0.568 bits per heavy atom. The monoisotopic (exact) mass is 692 g/mol. The van der Waals surface area contributed by atoms with Crippen LogP contribution in [0.1, 0.15) is 98.4 Å². The molecule has 0 aromatic rings. The van der Waals surface area contributed by atoms with E-state index in [2.05, 4.69) is 24.8 Å². The van der Waals surface area contributed by atoms with Crippen molar-refractivity contribution in [1.29, 1.82) is 0 Å². The molecule has 44 heavy (non-hydrogen) atoms. The normalized spacial score (nSPS) is 6.95. The van der Waals surface area contributed by atoms with Crippen molar-refractivity contribution in [3.05, 3.63) is 0 Å². The number of nitrogens with one attached hydrogen (secondary N) is 4. The van der Waals surface area contributed by atoms with Gasteiger partial charge in [-0.25, -0.2) is 26.3 Å². The van der Waals surface area contributed by atoms with Crippen LogP contribution < -0.4 is 20.1 Å². The first-order valence-corrected chi connectivity index (χ1v) is 15.7. The summed E-state index contributed by atoms with van der Waals surface area (Å²) in [5.41, 5.74) is 0. The van der Waals surface area contributed by atoms with E-state index in [4.69, 9.17) is 9.59 Å². The molecule has 0 aliphatic rings. The zero-order valence-electron chi connectivity index (χ0n) is 28.5. The zero-order chi connectivity index (χ0) is 36.3. The first-order valence-electron chi connectivity index (χ1n) is 11.9. The van der Waals surface area contributed by atoms with Crippen molar-refractivity contribution in [2.45, 2.75) is 98.4 Å². The van der Waals surface area contributed by atoms with Crippen LogP contribution in [0, 0.1) is 0 Å². The molecule has 15 nitrogen and oxygen atoms in total. The van der Waals surface area contributed by atoms with Gasteiger partial charge in [0.15, 0.2) is 0 Å². The lowest BCUT2D eigenvalue weighted by atomic mass is 10.6. The molecule has 0 atom stereocenters. The summed E-state index contributed by atoms with van der Waals surface area (Å²) in [6, 6.07) is 0. The van der Waals surface area contributed by atoms with Crippen molar-refractivity contribution < 1.29 is 50.3 Å². The van der Waals surface area contributed by atoms with E-state index in [1.807, 2.05) is 27.7 Å². The predicted octanol–water partition coefficient (Wildman–Crippen LogP) is 2.98. The SMILES string of the molecule is C.C.C.CC.CC.CC(C)=O.CC=O.CC=O.CNC(C)=O.CNC(C)=O.CNS(C)(=O)=O.CNS(C)(=O)=O.COC(C)=O. The third-order valence-corrected chi connectivity index (χ3v) is 3.22. The lowest BCUT2D eigenvalue weighted by Gasteiger charge is -1.85. The van der Waals surface area contributed by atoms with Crippen LogP contribution in [-0.2, 0) is 53.6 Å². The first-order chi connectivity index (χ1) is 18.5. The summed E-state index contributed by atoms with van der Waals surface area (Å²) >= 11 is 0. The van der Waals surface area contributed by atoms with E-state index in [9.17, 15) is 36.0 Å². The fraction of sp³-hybridized carbons (Fsp3) is 0.778. The van der Waals surface area contributed by atoms with E-state index in [0.717, 1.165) is 25.1 Å². The van der Waals surface area contributed by atoms with Crippen molar-refractivity contribution in [2.75, 3.05) is 47.8 Å². The number of sulfonamides is 2. The number of rotatable bonds is 2. The Hall–Kier alpha value is -2.76. The molecule has 0 aromatic heterocycles. The molecule has 0 aromatic carbocycles. The van der Waals surface area contributed by atoms with Gasteiger partial charge in [0, 0.05) is 34.9 Å². The van der Waals surface area contributed by atoms with Crippen LogP contribution in [0.2, 0.25) is 0 Å². The Labute approximate surface area is 272 Å². The van der Waals surface area contributed by atoms with Gasteiger partial charge < -0.3 is 29.8 Å². The quantitative estimate of drug-likeness (QED) is 0.243. The topological polar surface area (TPSA) is 228 Å². The molecule has 2 amide bonds. The number of hydrogen-bond donors (Lipinski definition) is 4. The van der Waals surface area contributed by atoms with E-state index >= 15 is 0 Å². The van der Waals surface area contributed by atoms with Gasteiger partial charge in [-0.15, -0.1) is 0 Å². The van der Waals surface area contributed by atoms with Gasteiger partial charge >= 0.3 is 5.97 Å². The summed E-state index contributed by atoms with van der Waals surface area (Å²) in [4.78, 5) is 56.0. The van der Waals surface area contributed by atoms with Crippen LogP contribution in [0.15, 0.2) is 0 Å². The fourth-order valence-corrected chi connectivity index (χ4v) is 0. The van der Waals surface area contributed by atoms with Crippen LogP contribution in [0.25, 0.3) is 0 Å². The van der Waals surface area contributed by atoms with Gasteiger partial charge in [0.2, 0.25) is 31.9 Å². The van der Waals surface area contributed by atoms with Crippen molar-refractivity contribution in [3.63, 3.8) is 0 Å². The highest BCUT2D eigenvalue weighted by Gasteiger charge is 1.88. The second kappa shape index (κ2) is 77.7. The Kier molecular flexibility index (Phi) is 148. The number of methoxy groups -OCH3 is 1. The standard InChI is InChI=1S/2C3H7NO.C3H6O2.C3H6O.2C2H7NO2S.2C2H4O.2C2H6.3CH4/c2*1-3(5)4-2;1-3(4)5-2;1-3(2)4;2*1-3-6(2,4)5;2*1-2-3;2*1-2;;;/h2*1-2H3,(H,4,5);1-2H3;1-2H3;2*3H,1-2H3;2*2H,1H3;2*1-2H3;3*1H4. The highest BCUT2D eigenvalue weighted by Crippen LogP contribution is 1.63. The molecule has 0 saturated heterocycles. The Morgan fingerprint density at radius 3 is 0.636 bits per heavy atom. The number of Topliss-reactive ketones (excluding diaryl/α,β-unsaturated/α-hetero) is 1. The molecule has 0 rings (SSSR count). The van der Waals surface area contributed by atoms with E-state index < -0.39 is 20.0 Å². The van der Waals surface area contributed by atoms with Gasteiger partial charge in [-0.3, -0.25) is 14.4 Å². The third-order valence-electron chi connectivity index (χ3n) is 1.73. The molecule has 0 aliphatic heterocycles. The molecule has 278 valence electrons. The van der Waals surface area contributed by atoms with Gasteiger partial charge in [0.05, 0.1) is 19.6 Å². The van der Waals surface area contributed by atoms with Crippen LogP contribution in [-0.4, -0.2) is 101 Å². The summed E-state index contributed by atoms with van der Waals surface area (Å²) < 4.78 is 47.8. The lowest BCUT2D eigenvalue weighted by molar-refractivity contribution is -0.138. The first kappa shape index (κ1) is 83.7. The Balaban J connectivity index is -0.0000000223. The average Bonchev–Trinajstić information content (AvgIpc) is 2.87. The average molecular weight is 693 g/mol. The van der Waals surface area contributed by atoms with E-state index in [1.54, 1.807) is 14.1 Å². The number of ether oxygens (including phenoxy) is 1. The largest absolute Gasteiger partial charge is 0.469 e. The number of hydrogen-bond acceptors (Lipinski definition) is 11. The number of ketones is 1. The van der Waals surface area contributed by atoms with E-state index in [-0.39, 0.29) is 45.8 Å². The molecule has 0 fully saturated rings. The minimum atomic E-state index is -2.91. The summed E-state index contributed by atoms with van der Waals surface area (Å²) in [6.07, 6.45) is 3.71. The van der Waals surface area contributed by atoms with E-state index in [0.29, 0.717) is 0 Å². The van der Waals surface area contributed by atoms with Crippen LogP contribution >= 0.6 is 0 Å². The maximum Gasteiger partial charge on any atom is 0.302 e. The molecule has 0 radical (unpaired) electrons. The Morgan fingerprint density at radius 2 is 0.636 bits per heavy atom.